The highest BCUT2D eigenvalue weighted by Gasteiger charge is 2.32. The molecule has 3 rings (SSSR count). The molecule has 6 nitrogen and oxygen atoms in total. The molecule has 1 heterocycles. The van der Waals surface area contributed by atoms with Gasteiger partial charge in [0.2, 0.25) is 0 Å². The van der Waals surface area contributed by atoms with Crippen molar-refractivity contribution in [3.63, 3.8) is 0 Å². The van der Waals surface area contributed by atoms with Crippen LogP contribution in [0.1, 0.15) is 28.4 Å². The monoisotopic (exact) mass is 470 g/mol. The Morgan fingerprint density at radius 1 is 1.19 bits per heavy atom. The summed E-state index contributed by atoms with van der Waals surface area (Å²) in [6.07, 6.45) is -2.88. The summed E-state index contributed by atoms with van der Waals surface area (Å²) in [4.78, 5) is 15.7. The zero-order chi connectivity index (χ0) is 22.8. The zero-order valence-electron chi connectivity index (χ0n) is 16.4. The summed E-state index contributed by atoms with van der Waals surface area (Å²) in [5.74, 6) is -0.735. The number of hydrogen-bond acceptors (Lipinski definition) is 6. The van der Waals surface area contributed by atoms with Gasteiger partial charge in [0.15, 0.2) is 0 Å². The minimum Gasteiger partial charge on any atom is -0.465 e. The minimum absolute atomic E-state index is 0.00395. The maximum absolute atomic E-state index is 13.3. The van der Waals surface area contributed by atoms with Crippen molar-refractivity contribution in [2.75, 3.05) is 11.8 Å². The van der Waals surface area contributed by atoms with Crippen molar-refractivity contribution in [3.05, 3.63) is 64.7 Å². The second kappa shape index (κ2) is 8.67. The number of thiazole rings is 1. The number of aryl methyl sites for hydroxylation is 1. The summed E-state index contributed by atoms with van der Waals surface area (Å²) in [6, 6.07) is 6.80. The maximum atomic E-state index is 13.3. The number of halogens is 3. The fraction of sp³-hybridized carbons (Fsp3) is 0.200. The molecule has 0 bridgehead atoms. The highest BCUT2D eigenvalue weighted by molar-refractivity contribution is 7.92. The summed E-state index contributed by atoms with van der Waals surface area (Å²) in [5.41, 5.74) is -0.680. The number of aromatic nitrogens is 1. The Bertz CT molecular complexity index is 1210. The molecule has 0 saturated carbocycles. The maximum Gasteiger partial charge on any atom is 0.416 e. The summed E-state index contributed by atoms with van der Waals surface area (Å²) in [5, 5.41) is 1.98. The number of carbonyl (C=O) groups is 1. The number of carbonyl (C=O) groups excluding carboxylic acids is 1. The number of hydrogen-bond donors (Lipinski definition) is 1. The summed E-state index contributed by atoms with van der Waals surface area (Å²) < 4.78 is 73.0. The lowest BCUT2D eigenvalue weighted by Gasteiger charge is -2.16. The first-order valence-electron chi connectivity index (χ1n) is 8.92. The highest BCUT2D eigenvalue weighted by Crippen LogP contribution is 2.37. The number of ether oxygens (including phenoxy) is 1. The normalized spacial score (nSPS) is 11.9. The standard InChI is InChI=1S/C20H17F3N2O4S2/c1-3-12-4-5-13(19(26)29-2)10-17(12)31(27,28)25-16-11-14(20(21,22)23)6-7-15(16)18-24-8-9-30-18/h4-11,25H,3H2,1-2H3. The third-order valence-electron chi connectivity index (χ3n) is 4.41. The molecule has 3 aromatic rings. The molecule has 11 heteroatoms. The van der Waals surface area contributed by atoms with E-state index in [1.165, 1.54) is 24.4 Å². The van der Waals surface area contributed by atoms with Crippen LogP contribution in [0, 0.1) is 0 Å². The second-order valence-electron chi connectivity index (χ2n) is 6.37. The molecule has 1 N–H and O–H groups in total. The van der Waals surface area contributed by atoms with Gasteiger partial charge in [-0.3, -0.25) is 4.72 Å². The zero-order valence-corrected chi connectivity index (χ0v) is 18.0. The van der Waals surface area contributed by atoms with Crippen molar-refractivity contribution in [2.24, 2.45) is 0 Å². The lowest BCUT2D eigenvalue weighted by atomic mass is 10.1. The van der Waals surface area contributed by atoms with Crippen LogP contribution in [0.5, 0.6) is 0 Å². The number of esters is 1. The minimum atomic E-state index is -4.67. The molecule has 0 saturated heterocycles. The molecule has 0 aliphatic carbocycles. The molecular formula is C20H17F3N2O4S2. The van der Waals surface area contributed by atoms with E-state index in [9.17, 15) is 26.4 Å². The SMILES string of the molecule is CCc1ccc(C(=O)OC)cc1S(=O)(=O)Nc1cc(C(F)(F)F)ccc1-c1nccs1. The second-order valence-corrected chi connectivity index (χ2v) is 8.91. The van der Waals surface area contributed by atoms with Gasteiger partial charge < -0.3 is 4.74 Å². The van der Waals surface area contributed by atoms with E-state index < -0.39 is 27.7 Å². The highest BCUT2D eigenvalue weighted by atomic mass is 32.2. The molecule has 0 aliphatic rings. The molecule has 31 heavy (non-hydrogen) atoms. The third-order valence-corrected chi connectivity index (χ3v) is 6.67. The number of nitrogens with one attached hydrogen (secondary N) is 1. The number of rotatable bonds is 6. The number of methoxy groups -OCH3 is 1. The van der Waals surface area contributed by atoms with E-state index in [-0.39, 0.29) is 21.7 Å². The fourth-order valence-corrected chi connectivity index (χ4v) is 4.97. The summed E-state index contributed by atoms with van der Waals surface area (Å²) >= 11 is 1.15. The Labute approximate surface area is 180 Å². The lowest BCUT2D eigenvalue weighted by molar-refractivity contribution is -0.137. The molecule has 0 radical (unpaired) electrons. The number of alkyl halides is 3. The van der Waals surface area contributed by atoms with Crippen LogP contribution in [-0.4, -0.2) is 26.5 Å². The Kier molecular flexibility index (Phi) is 6.37. The van der Waals surface area contributed by atoms with E-state index in [4.69, 9.17) is 0 Å². The van der Waals surface area contributed by atoms with Crippen LogP contribution in [0.4, 0.5) is 18.9 Å². The smallest absolute Gasteiger partial charge is 0.416 e. The molecule has 0 spiro atoms. The molecule has 0 aliphatic heterocycles. The van der Waals surface area contributed by atoms with Gasteiger partial charge in [0.1, 0.15) is 5.01 Å². The van der Waals surface area contributed by atoms with Crippen molar-refractivity contribution < 1.29 is 31.1 Å². The molecule has 164 valence electrons. The molecule has 0 unspecified atom stereocenters. The Hall–Kier alpha value is -2.92. The van der Waals surface area contributed by atoms with E-state index in [0.717, 1.165) is 36.6 Å². The van der Waals surface area contributed by atoms with Gasteiger partial charge in [-0.25, -0.2) is 18.2 Å². The lowest BCUT2D eigenvalue weighted by Crippen LogP contribution is -2.17. The quantitative estimate of drug-likeness (QED) is 0.514. The van der Waals surface area contributed by atoms with Crippen molar-refractivity contribution in [3.8, 4) is 10.6 Å². The predicted molar refractivity (Wildman–Crippen MR) is 111 cm³/mol. The number of sulfonamides is 1. The van der Waals surface area contributed by atoms with E-state index >= 15 is 0 Å². The Morgan fingerprint density at radius 2 is 1.94 bits per heavy atom. The van der Waals surface area contributed by atoms with Gasteiger partial charge in [-0.2, -0.15) is 13.2 Å². The van der Waals surface area contributed by atoms with Gasteiger partial charge >= 0.3 is 12.1 Å². The van der Waals surface area contributed by atoms with Gasteiger partial charge in [0.25, 0.3) is 10.0 Å². The van der Waals surface area contributed by atoms with Crippen LogP contribution in [0.25, 0.3) is 10.6 Å². The van der Waals surface area contributed by atoms with Crippen LogP contribution in [-0.2, 0) is 27.4 Å². The van der Waals surface area contributed by atoms with Gasteiger partial charge in [-0.05, 0) is 42.3 Å². The summed E-state index contributed by atoms with van der Waals surface area (Å²) in [6.45, 7) is 1.72. The summed E-state index contributed by atoms with van der Waals surface area (Å²) in [7, 11) is -3.19. The molecule has 0 amide bonds. The topological polar surface area (TPSA) is 85.4 Å². The van der Waals surface area contributed by atoms with Crippen LogP contribution >= 0.6 is 11.3 Å². The Morgan fingerprint density at radius 3 is 2.52 bits per heavy atom. The van der Waals surface area contributed by atoms with Crippen LogP contribution < -0.4 is 4.72 Å². The van der Waals surface area contributed by atoms with Crippen molar-refractivity contribution in [1.82, 2.24) is 4.98 Å². The molecule has 2 aromatic carbocycles. The largest absolute Gasteiger partial charge is 0.465 e. The predicted octanol–water partition coefficient (Wildman–Crippen LogP) is 4.98. The van der Waals surface area contributed by atoms with E-state index in [1.54, 1.807) is 12.3 Å². The average molecular weight is 470 g/mol. The molecule has 1 aromatic heterocycles. The Balaban J connectivity index is 2.14. The average Bonchev–Trinajstić information content (AvgIpc) is 3.26. The molecular weight excluding hydrogens is 453 g/mol. The van der Waals surface area contributed by atoms with E-state index in [1.807, 2.05) is 0 Å². The van der Waals surface area contributed by atoms with Gasteiger partial charge in [-0.1, -0.05) is 13.0 Å². The van der Waals surface area contributed by atoms with Crippen molar-refractivity contribution in [2.45, 2.75) is 24.4 Å². The van der Waals surface area contributed by atoms with Gasteiger partial charge in [-0.15, -0.1) is 11.3 Å². The first kappa shape index (κ1) is 22.8. The first-order chi connectivity index (χ1) is 14.6. The number of anilines is 1. The number of benzene rings is 2. The van der Waals surface area contributed by atoms with Crippen molar-refractivity contribution >= 4 is 33.0 Å². The molecule has 0 fully saturated rings. The van der Waals surface area contributed by atoms with Gasteiger partial charge in [0, 0.05) is 17.1 Å². The van der Waals surface area contributed by atoms with Crippen LogP contribution in [0.3, 0.4) is 0 Å². The van der Waals surface area contributed by atoms with E-state index in [0.29, 0.717) is 17.0 Å². The van der Waals surface area contributed by atoms with E-state index in [2.05, 4.69) is 14.4 Å². The number of nitrogens with zero attached hydrogens (tertiary/aromatic N) is 1. The van der Waals surface area contributed by atoms with Crippen LogP contribution in [0.15, 0.2) is 52.9 Å². The third kappa shape index (κ3) is 4.88. The van der Waals surface area contributed by atoms with Crippen LogP contribution in [0.2, 0.25) is 0 Å². The first-order valence-corrected chi connectivity index (χ1v) is 11.3. The molecule has 0 atom stereocenters. The van der Waals surface area contributed by atoms with Crippen molar-refractivity contribution in [1.29, 1.82) is 0 Å². The van der Waals surface area contributed by atoms with Gasteiger partial charge in [0.05, 0.1) is 28.8 Å². The fourth-order valence-electron chi connectivity index (χ4n) is 2.89.